The van der Waals surface area contributed by atoms with Gasteiger partial charge in [0.1, 0.15) is 0 Å². The van der Waals surface area contributed by atoms with E-state index >= 15 is 0 Å². The normalized spacial score (nSPS) is 8.50. The zero-order valence-corrected chi connectivity index (χ0v) is 12.9. The van der Waals surface area contributed by atoms with Crippen molar-refractivity contribution in [1.82, 2.24) is 0 Å². The second kappa shape index (κ2) is 19.9. The second-order valence-electron chi connectivity index (χ2n) is 2.15. The van der Waals surface area contributed by atoms with Crippen LogP contribution in [0.15, 0.2) is 0 Å². The summed E-state index contributed by atoms with van der Waals surface area (Å²) >= 11 is 0. The average Bonchev–Trinajstić information content (AvgIpc) is 2.01. The van der Waals surface area contributed by atoms with Gasteiger partial charge in [0.15, 0.2) is 0 Å². The van der Waals surface area contributed by atoms with E-state index < -0.39 is 7.82 Å². The summed E-state index contributed by atoms with van der Waals surface area (Å²) in [6, 6.07) is 0. The molecule has 0 fully saturated rings. The third kappa shape index (κ3) is 175. The van der Waals surface area contributed by atoms with E-state index in [-0.39, 0.29) is 40.8 Å². The van der Waals surface area contributed by atoms with Gasteiger partial charge < -0.3 is 33.1 Å². The molecule has 0 aromatic carbocycles. The molecule has 0 aliphatic carbocycles. The van der Waals surface area contributed by atoms with Crippen molar-refractivity contribution in [3.8, 4) is 0 Å². The van der Waals surface area contributed by atoms with Gasteiger partial charge in [0, 0.05) is 0 Å². The van der Waals surface area contributed by atoms with Crippen LogP contribution in [0.1, 0.15) is 39.5 Å². The molecular weight excluding hydrogens is 335 g/mol. The molecule has 0 amide bonds. The summed E-state index contributed by atoms with van der Waals surface area (Å²) < 4.78 is 8.55. The van der Waals surface area contributed by atoms with Gasteiger partial charge in [-0.05, 0) is 0 Å². The van der Waals surface area contributed by atoms with Crippen molar-refractivity contribution in [1.29, 1.82) is 0 Å². The molecule has 0 unspecified atom stereocenters. The summed E-state index contributed by atoms with van der Waals surface area (Å²) in [5.41, 5.74) is 0. The van der Waals surface area contributed by atoms with Crippen molar-refractivity contribution in [2.75, 3.05) is 0 Å². The van der Waals surface area contributed by atoms with E-state index in [1.165, 1.54) is 12.8 Å². The summed E-state index contributed by atoms with van der Waals surface area (Å²) in [4.78, 5) is 25.6. The first-order valence-electron chi connectivity index (χ1n) is 4.14. The van der Waals surface area contributed by atoms with Crippen molar-refractivity contribution in [3.63, 3.8) is 0 Å². The Morgan fingerprint density at radius 3 is 1.07 bits per heavy atom. The minimum absolute atomic E-state index is 0. The van der Waals surface area contributed by atoms with E-state index in [1.807, 2.05) is 0 Å². The summed E-state index contributed by atoms with van der Waals surface area (Å²) in [5.74, 6) is 0. The summed E-state index contributed by atoms with van der Waals surface area (Å²) in [5, 5.41) is 0. The van der Waals surface area contributed by atoms with E-state index in [2.05, 4.69) is 27.7 Å². The van der Waals surface area contributed by atoms with Gasteiger partial charge in [-0.25, -0.2) is 0 Å². The Hall–Kier alpha value is 1.46. The molecule has 6 heteroatoms. The summed E-state index contributed by atoms with van der Waals surface area (Å²) in [6.45, 7) is 11.4. The Labute approximate surface area is 120 Å². The summed E-state index contributed by atoms with van der Waals surface area (Å²) in [7, 11) is -5.39. The number of phosphoric acid groups is 1. The van der Waals surface area contributed by atoms with Gasteiger partial charge in [0.05, 0.1) is 0 Å². The Kier molecular flexibility index (Phi) is 35.1. The molecule has 0 bridgehead atoms. The predicted molar refractivity (Wildman–Crippen MR) is 48.1 cm³/mol. The molecule has 0 saturated carbocycles. The predicted octanol–water partition coefficient (Wildman–Crippen LogP) is 0.417. The van der Waals surface area contributed by atoms with Crippen LogP contribution in [0.25, 0.3) is 0 Å². The molecule has 0 heterocycles. The molecule has 1 radical (unpaired) electrons. The maximum atomic E-state index is 8.55. The molecule has 0 spiro atoms. The fourth-order valence-corrected chi connectivity index (χ4v) is 0. The Morgan fingerprint density at radius 2 is 1.07 bits per heavy atom. The molecule has 4 nitrogen and oxygen atoms in total. The van der Waals surface area contributed by atoms with Gasteiger partial charge >= 0.3 is 40.8 Å². The first kappa shape index (κ1) is 24.6. The minimum atomic E-state index is -5.39. The number of rotatable bonds is 2. The van der Waals surface area contributed by atoms with Crippen LogP contribution in [0.2, 0.25) is 0 Å². The fourth-order valence-electron chi connectivity index (χ4n) is 0. The minimum Gasteiger partial charge on any atom is -0.822 e. The van der Waals surface area contributed by atoms with E-state index in [1.54, 1.807) is 0 Å². The van der Waals surface area contributed by atoms with Crippen LogP contribution in [0.3, 0.4) is 0 Å². The fraction of sp³-hybridized carbons (Fsp3) is 0.750. The van der Waals surface area contributed by atoms with Crippen molar-refractivity contribution < 1.29 is 60.1 Å². The zero-order valence-electron chi connectivity index (χ0n) is 8.82. The Balaban J connectivity index is -0.0000000522. The van der Waals surface area contributed by atoms with E-state index in [0.29, 0.717) is 0 Å². The number of hydrogen-bond acceptors (Lipinski definition) is 4. The molecule has 0 aliphatic rings. The average molecular weight is 353 g/mol. The van der Waals surface area contributed by atoms with Gasteiger partial charge in [0.2, 0.25) is 0 Å². The van der Waals surface area contributed by atoms with E-state index in [0.717, 1.165) is 12.8 Å². The van der Waals surface area contributed by atoms with E-state index in [9.17, 15) is 0 Å². The molecule has 0 N–H and O–H groups in total. The smallest absolute Gasteiger partial charge is 0.822 e. The van der Waals surface area contributed by atoms with Crippen LogP contribution in [0, 0.1) is 54.7 Å². The van der Waals surface area contributed by atoms with Crippen LogP contribution >= 0.6 is 7.82 Å². The maximum Gasteiger partial charge on any atom is 3.00 e. The molecular formula is C8H18NdO4P-2. The van der Waals surface area contributed by atoms with Crippen LogP contribution in [0.5, 0.6) is 0 Å². The monoisotopic (exact) mass is 351 g/mol. The largest absolute Gasteiger partial charge is 3.00 e. The van der Waals surface area contributed by atoms with Gasteiger partial charge in [-0.3, -0.25) is 0 Å². The van der Waals surface area contributed by atoms with E-state index in [4.69, 9.17) is 19.2 Å². The molecule has 0 rings (SSSR count). The Morgan fingerprint density at radius 1 is 1.00 bits per heavy atom. The van der Waals surface area contributed by atoms with Crippen molar-refractivity contribution in [3.05, 3.63) is 13.8 Å². The molecule has 0 aliphatic heterocycles. The quantitative estimate of drug-likeness (QED) is 0.532. The van der Waals surface area contributed by atoms with Gasteiger partial charge in [-0.1, -0.05) is 26.7 Å². The van der Waals surface area contributed by atoms with Crippen LogP contribution in [0.4, 0.5) is 0 Å². The standard InChI is InChI=1S/2C4H9.Nd.H3O4P/c2*1-3-4-2;;1-5(2,3)4/h2*1,3-4H2,2H3;;(H3,1,2,3,4)/q2*-1;+3;/p-3. The topological polar surface area (TPSA) is 86.2 Å². The summed E-state index contributed by atoms with van der Waals surface area (Å²) in [6.07, 6.45) is 4.56. The van der Waals surface area contributed by atoms with Crippen LogP contribution in [-0.4, -0.2) is 0 Å². The van der Waals surface area contributed by atoms with Gasteiger partial charge in [0.25, 0.3) is 0 Å². The number of unbranched alkanes of at least 4 members (excludes halogenated alkanes) is 2. The van der Waals surface area contributed by atoms with Crippen molar-refractivity contribution >= 4 is 7.82 Å². The molecule has 0 atom stereocenters. The third-order valence-corrected chi connectivity index (χ3v) is 0.707. The van der Waals surface area contributed by atoms with Crippen molar-refractivity contribution in [2.45, 2.75) is 39.5 Å². The second-order valence-corrected chi connectivity index (χ2v) is 3.05. The first-order valence-corrected chi connectivity index (χ1v) is 5.61. The van der Waals surface area contributed by atoms with Crippen LogP contribution in [-0.2, 0) is 4.57 Å². The van der Waals surface area contributed by atoms with Gasteiger partial charge in [-0.2, -0.15) is 20.7 Å². The molecule has 0 aromatic rings. The SMILES string of the molecule is O=P([O-])([O-])[O-].[CH2-]CCC.[CH2-]CCC.[Nd+3]. The molecule has 0 saturated heterocycles. The first-order chi connectivity index (χ1) is 5.83. The molecule has 0 aromatic heterocycles. The maximum absolute atomic E-state index is 8.55. The Bertz CT molecular complexity index is 99.6. The van der Waals surface area contributed by atoms with Crippen molar-refractivity contribution in [2.24, 2.45) is 0 Å². The number of hydrogen-bond donors (Lipinski definition) is 0. The molecule has 85 valence electrons. The van der Waals surface area contributed by atoms with Crippen LogP contribution < -0.4 is 14.7 Å². The molecule has 14 heavy (non-hydrogen) atoms. The third-order valence-electron chi connectivity index (χ3n) is 0.707. The zero-order chi connectivity index (χ0) is 11.3. The van der Waals surface area contributed by atoms with Gasteiger partial charge in [-0.15, -0.1) is 0 Å².